The predicted molar refractivity (Wildman–Crippen MR) is 111 cm³/mol. The number of rotatable bonds is 3. The fourth-order valence-corrected chi connectivity index (χ4v) is 4.66. The van der Waals surface area contributed by atoms with Gasteiger partial charge in [0.05, 0.1) is 12.5 Å². The van der Waals surface area contributed by atoms with E-state index in [4.69, 9.17) is 4.74 Å². The Hall–Kier alpha value is -3.42. The zero-order chi connectivity index (χ0) is 20.9. The quantitative estimate of drug-likeness (QED) is 0.664. The molecule has 5 rings (SSSR count). The van der Waals surface area contributed by atoms with Gasteiger partial charge in [-0.3, -0.25) is 14.2 Å². The van der Waals surface area contributed by atoms with E-state index in [2.05, 4.69) is 10.2 Å². The number of methoxy groups -OCH3 is 1. The monoisotopic (exact) mass is 405 g/mol. The fourth-order valence-electron chi connectivity index (χ4n) is 4.66. The molecule has 1 amide bonds. The van der Waals surface area contributed by atoms with E-state index in [-0.39, 0.29) is 16.9 Å². The first-order chi connectivity index (χ1) is 14.5. The molecule has 2 aliphatic heterocycles. The molecule has 1 fully saturated rings. The van der Waals surface area contributed by atoms with Crippen molar-refractivity contribution >= 4 is 5.91 Å². The second-order valence-electron chi connectivity index (χ2n) is 8.07. The highest BCUT2D eigenvalue weighted by atomic mass is 16.5. The summed E-state index contributed by atoms with van der Waals surface area (Å²) in [7, 11) is 3.47. The van der Waals surface area contributed by atoms with Crippen LogP contribution >= 0.6 is 0 Å². The third-order valence-corrected chi connectivity index (χ3v) is 6.40. The van der Waals surface area contributed by atoms with E-state index in [1.165, 1.54) is 0 Å². The summed E-state index contributed by atoms with van der Waals surface area (Å²) in [6.07, 6.45) is 3.45. The molecule has 3 aromatic rings. The van der Waals surface area contributed by atoms with Gasteiger partial charge in [-0.05, 0) is 49.2 Å². The molecule has 1 atom stereocenters. The van der Waals surface area contributed by atoms with Crippen LogP contribution in [-0.4, -0.2) is 50.3 Å². The molecule has 1 aromatic carbocycles. The predicted octanol–water partition coefficient (Wildman–Crippen LogP) is 1.84. The molecule has 1 unspecified atom stereocenters. The number of ether oxygens (including phenoxy) is 1. The molecule has 1 spiro atoms. The Labute approximate surface area is 173 Å². The van der Waals surface area contributed by atoms with Crippen LogP contribution in [0.5, 0.6) is 5.75 Å². The third-order valence-electron chi connectivity index (χ3n) is 6.40. The fraction of sp³-hybridized carbons (Fsp3) is 0.364. The van der Waals surface area contributed by atoms with Crippen molar-refractivity contribution in [2.45, 2.75) is 24.8 Å². The summed E-state index contributed by atoms with van der Waals surface area (Å²) in [6, 6.07) is 11.0. The Morgan fingerprint density at radius 1 is 1.10 bits per heavy atom. The van der Waals surface area contributed by atoms with Crippen LogP contribution in [0.15, 0.2) is 47.4 Å². The van der Waals surface area contributed by atoms with Crippen molar-refractivity contribution in [1.82, 2.24) is 24.2 Å². The average Bonchev–Trinajstić information content (AvgIpc) is 3.48. The lowest BCUT2D eigenvalue weighted by Gasteiger charge is -2.23. The minimum Gasteiger partial charge on any atom is -0.497 e. The summed E-state index contributed by atoms with van der Waals surface area (Å²) < 4.78 is 8.76. The van der Waals surface area contributed by atoms with Crippen LogP contribution in [0.2, 0.25) is 0 Å². The standard InChI is InChI=1S/C22H23N5O3/c1-25-11-3-4-17(25)19(28)26-12-9-22(14-26)10-13-27-20(29)18(23-24-21(22)27)15-5-7-16(30-2)8-6-15/h3-8,11H,9-10,12-14H2,1-2H3. The summed E-state index contributed by atoms with van der Waals surface area (Å²) >= 11 is 0. The molecule has 8 heteroatoms. The number of aryl methyl sites for hydroxylation is 1. The van der Waals surface area contributed by atoms with Gasteiger partial charge in [0.2, 0.25) is 0 Å². The van der Waals surface area contributed by atoms with Crippen molar-refractivity contribution in [2.75, 3.05) is 20.2 Å². The van der Waals surface area contributed by atoms with Gasteiger partial charge in [-0.25, -0.2) is 0 Å². The van der Waals surface area contributed by atoms with Crippen LogP contribution in [0.4, 0.5) is 0 Å². The minimum atomic E-state index is -0.300. The summed E-state index contributed by atoms with van der Waals surface area (Å²) in [5.74, 6) is 1.44. The molecule has 2 aromatic heterocycles. The summed E-state index contributed by atoms with van der Waals surface area (Å²) in [5, 5.41) is 8.78. The highest BCUT2D eigenvalue weighted by Gasteiger charge is 2.48. The van der Waals surface area contributed by atoms with Gasteiger partial charge in [0, 0.05) is 38.4 Å². The maximum Gasteiger partial charge on any atom is 0.280 e. The van der Waals surface area contributed by atoms with E-state index >= 15 is 0 Å². The molecule has 8 nitrogen and oxygen atoms in total. The second-order valence-corrected chi connectivity index (χ2v) is 8.07. The molecule has 30 heavy (non-hydrogen) atoms. The van der Waals surface area contributed by atoms with Gasteiger partial charge in [0.15, 0.2) is 5.69 Å². The number of amides is 1. The Bertz CT molecular complexity index is 1180. The number of carbonyl (C=O) groups excluding carboxylic acids is 1. The lowest BCUT2D eigenvalue weighted by atomic mass is 9.85. The van der Waals surface area contributed by atoms with E-state index in [1.54, 1.807) is 23.8 Å². The van der Waals surface area contributed by atoms with Crippen molar-refractivity contribution in [3.63, 3.8) is 0 Å². The van der Waals surface area contributed by atoms with Gasteiger partial charge in [-0.2, -0.15) is 0 Å². The SMILES string of the molecule is COc1ccc(-c2nnc3n(c2=O)CCC32CCN(C(=O)c3cccn3C)C2)cc1. The molecule has 0 aliphatic carbocycles. The molecule has 0 radical (unpaired) electrons. The first-order valence-corrected chi connectivity index (χ1v) is 10.1. The molecule has 4 heterocycles. The van der Waals surface area contributed by atoms with Gasteiger partial charge in [0.1, 0.15) is 17.3 Å². The lowest BCUT2D eigenvalue weighted by Crippen LogP contribution is -2.36. The van der Waals surface area contributed by atoms with Gasteiger partial charge in [-0.1, -0.05) is 0 Å². The number of nitrogens with zero attached hydrogens (tertiary/aromatic N) is 5. The van der Waals surface area contributed by atoms with Crippen LogP contribution in [0, 0.1) is 0 Å². The van der Waals surface area contributed by atoms with E-state index in [0.717, 1.165) is 24.2 Å². The van der Waals surface area contributed by atoms with Gasteiger partial charge < -0.3 is 14.2 Å². The van der Waals surface area contributed by atoms with Crippen molar-refractivity contribution in [1.29, 1.82) is 0 Å². The van der Waals surface area contributed by atoms with Crippen LogP contribution in [-0.2, 0) is 19.0 Å². The van der Waals surface area contributed by atoms with Crippen LogP contribution < -0.4 is 10.3 Å². The number of fused-ring (bicyclic) bond motifs is 2. The molecule has 0 N–H and O–H groups in total. The van der Waals surface area contributed by atoms with Gasteiger partial charge in [0.25, 0.3) is 11.5 Å². The molecular weight excluding hydrogens is 382 g/mol. The summed E-state index contributed by atoms with van der Waals surface area (Å²) in [6.45, 7) is 1.81. The van der Waals surface area contributed by atoms with Crippen molar-refractivity contribution in [3.8, 4) is 17.0 Å². The van der Waals surface area contributed by atoms with Crippen LogP contribution in [0.1, 0.15) is 29.2 Å². The highest BCUT2D eigenvalue weighted by Crippen LogP contribution is 2.41. The van der Waals surface area contributed by atoms with Crippen LogP contribution in [0.25, 0.3) is 11.3 Å². The number of aromatic nitrogens is 4. The van der Waals surface area contributed by atoms with Crippen molar-refractivity contribution in [2.24, 2.45) is 7.05 Å². The van der Waals surface area contributed by atoms with E-state index in [9.17, 15) is 9.59 Å². The first-order valence-electron chi connectivity index (χ1n) is 10.1. The van der Waals surface area contributed by atoms with Gasteiger partial charge >= 0.3 is 0 Å². The lowest BCUT2D eigenvalue weighted by molar-refractivity contribution is 0.0773. The van der Waals surface area contributed by atoms with Crippen LogP contribution in [0.3, 0.4) is 0 Å². The largest absolute Gasteiger partial charge is 0.497 e. The topological polar surface area (TPSA) is 82.2 Å². The normalized spacial score (nSPS) is 20.0. The molecule has 2 aliphatic rings. The van der Waals surface area contributed by atoms with E-state index in [1.807, 2.05) is 47.0 Å². The number of carbonyl (C=O) groups is 1. The summed E-state index contributed by atoms with van der Waals surface area (Å²) in [4.78, 5) is 27.9. The number of hydrogen-bond donors (Lipinski definition) is 0. The zero-order valence-corrected chi connectivity index (χ0v) is 17.0. The first kappa shape index (κ1) is 18.6. The van der Waals surface area contributed by atoms with E-state index in [0.29, 0.717) is 36.8 Å². The smallest absolute Gasteiger partial charge is 0.280 e. The second kappa shape index (κ2) is 6.83. The average molecular weight is 405 g/mol. The number of hydrogen-bond acceptors (Lipinski definition) is 5. The van der Waals surface area contributed by atoms with E-state index < -0.39 is 0 Å². The molecule has 154 valence electrons. The Kier molecular flexibility index (Phi) is 4.23. The molecule has 1 saturated heterocycles. The summed E-state index contributed by atoms with van der Waals surface area (Å²) in [5.41, 5.74) is 1.30. The Morgan fingerprint density at radius 2 is 1.87 bits per heavy atom. The van der Waals surface area contributed by atoms with Crippen molar-refractivity contribution in [3.05, 3.63) is 64.5 Å². The molecule has 0 saturated carbocycles. The van der Waals surface area contributed by atoms with Crippen molar-refractivity contribution < 1.29 is 9.53 Å². The van der Waals surface area contributed by atoms with Gasteiger partial charge in [-0.15, -0.1) is 10.2 Å². The zero-order valence-electron chi connectivity index (χ0n) is 17.0. The maximum absolute atomic E-state index is 13.1. The molecule has 0 bridgehead atoms. The third kappa shape index (κ3) is 2.74. The molecular formula is C22H23N5O3. The highest BCUT2D eigenvalue weighted by molar-refractivity contribution is 5.93. The Morgan fingerprint density at radius 3 is 2.57 bits per heavy atom. The number of likely N-dealkylation sites (tertiary alicyclic amines) is 1. The maximum atomic E-state index is 13.1. The number of benzene rings is 1. The Balaban J connectivity index is 1.45. The minimum absolute atomic E-state index is 0.0167.